The van der Waals surface area contributed by atoms with E-state index in [-0.39, 0.29) is 5.97 Å². The Morgan fingerprint density at radius 2 is 1.88 bits per heavy atom. The van der Waals surface area contributed by atoms with Crippen LogP contribution in [0, 0.1) is 0 Å². The first kappa shape index (κ1) is 17.0. The molecule has 1 unspecified atom stereocenters. The first-order chi connectivity index (χ1) is 11.6. The zero-order valence-electron chi connectivity index (χ0n) is 13.6. The summed E-state index contributed by atoms with van der Waals surface area (Å²) in [5.41, 5.74) is 5.70. The third-order valence-corrected chi connectivity index (χ3v) is 6.30. The lowest BCUT2D eigenvalue weighted by molar-refractivity contribution is -0.151. The lowest BCUT2D eigenvalue weighted by Crippen LogP contribution is -2.34. The van der Waals surface area contributed by atoms with E-state index >= 15 is 0 Å². The Bertz CT molecular complexity index is 761. The second-order valence-electron chi connectivity index (χ2n) is 5.52. The molecule has 3 nitrogen and oxygen atoms in total. The van der Waals surface area contributed by atoms with Gasteiger partial charge in [0.25, 0.3) is 0 Å². The molecule has 1 aliphatic rings. The summed E-state index contributed by atoms with van der Waals surface area (Å²) in [7, 11) is 0. The molecule has 124 valence electrons. The Morgan fingerprint density at radius 1 is 1.17 bits per heavy atom. The van der Waals surface area contributed by atoms with Crippen LogP contribution < -0.4 is 5.48 Å². The molecule has 1 heterocycles. The van der Waals surface area contributed by atoms with Gasteiger partial charge < -0.3 is 4.84 Å². The maximum absolute atomic E-state index is 12.7. The molecule has 3 rings (SSSR count). The smallest absolute Gasteiger partial charge is 0.341 e. The number of benzene rings is 2. The Hall–Kier alpha value is -1.85. The van der Waals surface area contributed by atoms with Crippen LogP contribution in [-0.4, -0.2) is 18.0 Å². The fourth-order valence-electron chi connectivity index (χ4n) is 2.51. The van der Waals surface area contributed by atoms with Gasteiger partial charge >= 0.3 is 5.97 Å². The molecular formula is C19H19NO2S2. The average molecular weight is 358 g/mol. The number of rotatable bonds is 5. The van der Waals surface area contributed by atoms with E-state index in [0.717, 1.165) is 22.6 Å². The Morgan fingerprint density at radius 3 is 2.62 bits per heavy atom. The maximum atomic E-state index is 12.7. The highest BCUT2D eigenvalue weighted by molar-refractivity contribution is 8.00. The lowest BCUT2D eigenvalue weighted by Gasteiger charge is -2.26. The van der Waals surface area contributed by atoms with E-state index in [1.807, 2.05) is 67.8 Å². The number of thioether (sulfide) groups is 2. The van der Waals surface area contributed by atoms with Crippen molar-refractivity contribution < 1.29 is 9.63 Å². The molecule has 2 aromatic rings. The number of hydrogen-bond acceptors (Lipinski definition) is 5. The quantitative estimate of drug-likeness (QED) is 0.800. The van der Waals surface area contributed by atoms with Crippen LogP contribution in [-0.2, 0) is 14.4 Å². The molecule has 0 saturated heterocycles. The van der Waals surface area contributed by atoms with Crippen LogP contribution in [0.15, 0.2) is 65.6 Å². The highest BCUT2D eigenvalue weighted by Crippen LogP contribution is 2.36. The van der Waals surface area contributed by atoms with Crippen LogP contribution >= 0.6 is 23.5 Å². The van der Waals surface area contributed by atoms with Gasteiger partial charge in [0.05, 0.1) is 5.70 Å². The fraction of sp³-hybridized carbons (Fsp3) is 0.211. The molecule has 0 bridgehead atoms. The van der Waals surface area contributed by atoms with Crippen LogP contribution in [0.5, 0.6) is 0 Å². The number of fused-ring (bicyclic) bond motifs is 1. The fourth-order valence-corrected chi connectivity index (χ4v) is 4.03. The monoisotopic (exact) mass is 357 g/mol. The maximum Gasteiger partial charge on any atom is 0.352 e. The van der Waals surface area contributed by atoms with Gasteiger partial charge in [-0.2, -0.15) is 0 Å². The molecule has 0 amide bonds. The van der Waals surface area contributed by atoms with Gasteiger partial charge in [0.15, 0.2) is 0 Å². The molecule has 0 saturated carbocycles. The predicted molar refractivity (Wildman–Crippen MR) is 102 cm³/mol. The van der Waals surface area contributed by atoms with E-state index in [9.17, 15) is 4.79 Å². The molecule has 0 aromatic heterocycles. The third kappa shape index (κ3) is 3.32. The third-order valence-electron chi connectivity index (χ3n) is 4.08. The Labute approximate surface area is 150 Å². The Balaban J connectivity index is 1.75. The van der Waals surface area contributed by atoms with E-state index < -0.39 is 4.75 Å². The lowest BCUT2D eigenvalue weighted by atomic mass is 10.0. The van der Waals surface area contributed by atoms with Crippen LogP contribution in [0.25, 0.3) is 5.70 Å². The summed E-state index contributed by atoms with van der Waals surface area (Å²) in [5, 5.41) is 0. The average Bonchev–Trinajstić information content (AvgIpc) is 2.66. The minimum absolute atomic E-state index is 0.308. The molecule has 24 heavy (non-hydrogen) atoms. The van der Waals surface area contributed by atoms with Crippen molar-refractivity contribution in [1.29, 1.82) is 0 Å². The van der Waals surface area contributed by atoms with Gasteiger partial charge in [0, 0.05) is 16.2 Å². The summed E-state index contributed by atoms with van der Waals surface area (Å²) in [6.07, 6.45) is 3.96. The molecule has 0 spiro atoms. The van der Waals surface area contributed by atoms with Crippen LogP contribution in [0.2, 0.25) is 0 Å². The largest absolute Gasteiger partial charge is 0.352 e. The van der Waals surface area contributed by atoms with Gasteiger partial charge in [-0.1, -0.05) is 48.5 Å². The second-order valence-corrected chi connectivity index (χ2v) is 7.81. The van der Waals surface area contributed by atoms with E-state index in [2.05, 4.69) is 11.5 Å². The SMILES string of the molecule is CSC(C)(C(=O)ONC1=CCSc2ccccc21)c1ccccc1. The number of hydrogen-bond donors (Lipinski definition) is 1. The first-order valence-electron chi connectivity index (χ1n) is 7.65. The van der Waals surface area contributed by atoms with Crippen molar-refractivity contribution in [2.24, 2.45) is 0 Å². The minimum atomic E-state index is -0.752. The van der Waals surface area contributed by atoms with Crippen molar-refractivity contribution in [3.8, 4) is 0 Å². The van der Waals surface area contributed by atoms with Gasteiger partial charge in [0.2, 0.25) is 0 Å². The van der Waals surface area contributed by atoms with Crippen molar-refractivity contribution in [3.63, 3.8) is 0 Å². The van der Waals surface area contributed by atoms with Crippen LogP contribution in [0.1, 0.15) is 18.1 Å². The van der Waals surface area contributed by atoms with Gasteiger partial charge in [0.1, 0.15) is 4.75 Å². The molecular weight excluding hydrogens is 338 g/mol. The van der Waals surface area contributed by atoms with Crippen molar-refractivity contribution >= 4 is 35.2 Å². The molecule has 1 aliphatic heterocycles. The number of hydroxylamine groups is 1. The summed E-state index contributed by atoms with van der Waals surface area (Å²) >= 11 is 3.24. The predicted octanol–water partition coefficient (Wildman–Crippen LogP) is 4.46. The number of carbonyl (C=O) groups excluding carboxylic acids is 1. The summed E-state index contributed by atoms with van der Waals surface area (Å²) < 4.78 is -0.752. The molecule has 5 heteroatoms. The van der Waals surface area contributed by atoms with Gasteiger partial charge in [-0.3, -0.25) is 0 Å². The van der Waals surface area contributed by atoms with Crippen molar-refractivity contribution in [3.05, 3.63) is 71.8 Å². The van der Waals surface area contributed by atoms with Crippen molar-refractivity contribution in [2.45, 2.75) is 16.6 Å². The molecule has 0 aliphatic carbocycles. The minimum Gasteiger partial charge on any atom is -0.341 e. The van der Waals surface area contributed by atoms with Gasteiger partial charge in [-0.25, -0.2) is 10.3 Å². The highest BCUT2D eigenvalue weighted by Gasteiger charge is 2.36. The van der Waals surface area contributed by atoms with Crippen LogP contribution in [0.4, 0.5) is 0 Å². The highest BCUT2D eigenvalue weighted by atomic mass is 32.2. The Kier molecular flexibility index (Phi) is 5.21. The molecule has 0 fully saturated rings. The summed E-state index contributed by atoms with van der Waals surface area (Å²) in [4.78, 5) is 19.4. The van der Waals surface area contributed by atoms with Crippen molar-refractivity contribution in [1.82, 2.24) is 5.48 Å². The zero-order chi connectivity index (χ0) is 17.0. The molecule has 1 atom stereocenters. The topological polar surface area (TPSA) is 38.3 Å². The number of nitrogens with one attached hydrogen (secondary N) is 1. The van der Waals surface area contributed by atoms with Gasteiger partial charge in [-0.05, 0) is 30.9 Å². The van der Waals surface area contributed by atoms with Gasteiger partial charge in [-0.15, -0.1) is 23.5 Å². The standard InChI is InChI=1S/C19H19NO2S2/c1-19(23-2,14-8-4-3-5-9-14)18(21)22-20-16-12-13-24-17-11-7-6-10-15(16)17/h3-12,20H,13H2,1-2H3. The number of carbonyl (C=O) groups is 1. The zero-order valence-corrected chi connectivity index (χ0v) is 15.2. The summed E-state index contributed by atoms with van der Waals surface area (Å²) in [6.45, 7) is 1.88. The summed E-state index contributed by atoms with van der Waals surface area (Å²) in [5.74, 6) is 0.549. The first-order valence-corrected chi connectivity index (χ1v) is 9.86. The molecule has 0 radical (unpaired) electrons. The van der Waals surface area contributed by atoms with E-state index in [4.69, 9.17) is 4.84 Å². The van der Waals surface area contributed by atoms with E-state index in [1.54, 1.807) is 11.8 Å². The van der Waals surface area contributed by atoms with Crippen molar-refractivity contribution in [2.75, 3.05) is 12.0 Å². The normalized spacial score (nSPS) is 15.7. The second kappa shape index (κ2) is 7.36. The van der Waals surface area contributed by atoms with Crippen LogP contribution in [0.3, 0.4) is 0 Å². The molecule has 2 aromatic carbocycles. The molecule has 1 N–H and O–H groups in total. The van der Waals surface area contributed by atoms with E-state index in [1.165, 1.54) is 16.7 Å². The van der Waals surface area contributed by atoms with E-state index in [0.29, 0.717) is 0 Å². The summed E-state index contributed by atoms with van der Waals surface area (Å²) in [6, 6.07) is 17.8.